The van der Waals surface area contributed by atoms with Crippen LogP contribution in [0.5, 0.6) is 11.8 Å². The number of hydrogen-bond donors (Lipinski definition) is 1. The van der Waals surface area contributed by atoms with Gasteiger partial charge in [0.25, 0.3) is 5.91 Å². The van der Waals surface area contributed by atoms with Crippen LogP contribution >= 0.6 is 0 Å². The molecule has 2 heterocycles. The van der Waals surface area contributed by atoms with Crippen molar-refractivity contribution in [3.05, 3.63) is 78.4 Å². The molecule has 2 aromatic heterocycles. The van der Waals surface area contributed by atoms with Gasteiger partial charge in [-0.1, -0.05) is 38.1 Å². The number of carbonyl (C=O) groups excluding carboxylic acids is 1. The number of benzene rings is 2. The second-order valence-corrected chi connectivity index (χ2v) is 8.44. The summed E-state index contributed by atoms with van der Waals surface area (Å²) in [4.78, 5) is 25.1. The van der Waals surface area contributed by atoms with E-state index in [2.05, 4.69) is 46.2 Å². The molecular weight excluding hydrogens is 406 g/mol. The molecule has 8 nitrogen and oxygen atoms in total. The Hall–Kier alpha value is -4.07. The quantitative estimate of drug-likeness (QED) is 0.451. The van der Waals surface area contributed by atoms with Gasteiger partial charge in [-0.3, -0.25) is 4.79 Å². The minimum atomic E-state index is -0.224. The van der Waals surface area contributed by atoms with Crippen molar-refractivity contribution >= 4 is 11.6 Å². The molecule has 32 heavy (non-hydrogen) atoms. The molecule has 4 aromatic rings. The van der Waals surface area contributed by atoms with E-state index in [9.17, 15) is 4.79 Å². The predicted octanol–water partition coefficient (Wildman–Crippen LogP) is 5.16. The van der Waals surface area contributed by atoms with Gasteiger partial charge in [-0.05, 0) is 47.9 Å². The van der Waals surface area contributed by atoms with Gasteiger partial charge in [-0.2, -0.15) is 4.98 Å². The third-order valence-corrected chi connectivity index (χ3v) is 4.42. The molecule has 0 fully saturated rings. The van der Waals surface area contributed by atoms with E-state index in [-0.39, 0.29) is 17.3 Å². The summed E-state index contributed by atoms with van der Waals surface area (Å²) in [5.74, 6) is 1.46. The lowest BCUT2D eigenvalue weighted by Crippen LogP contribution is -2.11. The summed E-state index contributed by atoms with van der Waals surface area (Å²) in [6, 6.07) is 16.0. The fourth-order valence-corrected chi connectivity index (χ4v) is 2.92. The Labute approximate surface area is 185 Å². The van der Waals surface area contributed by atoms with Crippen LogP contribution in [-0.4, -0.2) is 26.0 Å². The first kappa shape index (κ1) is 21.2. The lowest BCUT2D eigenvalue weighted by atomic mass is 9.92. The largest absolute Gasteiger partial charge is 0.424 e. The monoisotopic (exact) mass is 429 g/mol. The maximum Gasteiger partial charge on any atom is 0.321 e. The smallest absolute Gasteiger partial charge is 0.321 e. The molecule has 0 spiro atoms. The summed E-state index contributed by atoms with van der Waals surface area (Å²) < 4.78 is 10.9. The van der Waals surface area contributed by atoms with Crippen molar-refractivity contribution in [1.29, 1.82) is 0 Å². The molecule has 162 valence electrons. The molecule has 2 aromatic carbocycles. The lowest BCUT2D eigenvalue weighted by Gasteiger charge is -2.13. The van der Waals surface area contributed by atoms with Gasteiger partial charge >= 0.3 is 6.01 Å². The molecule has 0 aliphatic heterocycles. The van der Waals surface area contributed by atoms with Crippen LogP contribution in [0.2, 0.25) is 0 Å². The Balaban J connectivity index is 1.38. The number of nitrogens with zero attached hydrogens (tertiary/aromatic N) is 4. The van der Waals surface area contributed by atoms with Gasteiger partial charge in [0, 0.05) is 35.6 Å². The van der Waals surface area contributed by atoms with Crippen LogP contribution in [-0.2, 0) is 6.42 Å². The summed E-state index contributed by atoms with van der Waals surface area (Å²) in [5.41, 5.74) is 2.01. The highest BCUT2D eigenvalue weighted by Gasteiger charge is 2.17. The highest BCUT2D eigenvalue weighted by Crippen LogP contribution is 2.23. The average molecular weight is 429 g/mol. The van der Waals surface area contributed by atoms with Crippen LogP contribution in [0, 0.1) is 5.41 Å². The first-order valence-corrected chi connectivity index (χ1v) is 10.2. The molecule has 1 N–H and O–H groups in total. The first-order valence-electron chi connectivity index (χ1n) is 10.2. The topological polar surface area (TPSA) is 103 Å². The van der Waals surface area contributed by atoms with Gasteiger partial charge in [-0.15, -0.1) is 0 Å². The summed E-state index contributed by atoms with van der Waals surface area (Å²) in [6.07, 6.45) is 3.90. The van der Waals surface area contributed by atoms with Crippen molar-refractivity contribution in [2.24, 2.45) is 5.41 Å². The van der Waals surface area contributed by atoms with Crippen LogP contribution in [0.1, 0.15) is 37.0 Å². The van der Waals surface area contributed by atoms with Gasteiger partial charge < -0.3 is 14.6 Å². The normalized spacial score (nSPS) is 11.2. The molecule has 0 radical (unpaired) electrons. The molecule has 0 unspecified atom stereocenters. The van der Waals surface area contributed by atoms with Gasteiger partial charge in [0.1, 0.15) is 5.75 Å². The number of hydrogen-bond acceptors (Lipinski definition) is 7. The number of amides is 1. The fraction of sp³-hybridized carbons (Fsp3) is 0.208. The van der Waals surface area contributed by atoms with E-state index in [0.29, 0.717) is 35.1 Å². The fourth-order valence-electron chi connectivity index (χ4n) is 2.92. The standard InChI is InChI=1S/C24H23N5O3/c1-24(2,3)15-20-28-21(29-32-20)16-5-7-17(8-6-16)22(30)27-18-9-11-19(12-10-18)31-23-25-13-4-14-26-23/h4-14H,15H2,1-3H3,(H,27,30). The molecular formula is C24H23N5O3. The van der Waals surface area contributed by atoms with E-state index in [1.165, 1.54) is 0 Å². The van der Waals surface area contributed by atoms with Crippen LogP contribution in [0.3, 0.4) is 0 Å². The molecule has 4 rings (SSSR count). The van der Waals surface area contributed by atoms with E-state index in [1.54, 1.807) is 67.0 Å². The maximum absolute atomic E-state index is 12.6. The zero-order valence-corrected chi connectivity index (χ0v) is 18.1. The molecule has 0 saturated heterocycles. The SMILES string of the molecule is CC(C)(C)Cc1nc(-c2ccc(C(=O)Nc3ccc(Oc4ncccn4)cc3)cc2)no1. The number of ether oxygens (including phenoxy) is 1. The Morgan fingerprint density at radius 3 is 2.34 bits per heavy atom. The second-order valence-electron chi connectivity index (χ2n) is 8.44. The lowest BCUT2D eigenvalue weighted by molar-refractivity contribution is 0.102. The average Bonchev–Trinajstić information content (AvgIpc) is 3.23. The summed E-state index contributed by atoms with van der Waals surface area (Å²) in [6.45, 7) is 6.34. The van der Waals surface area contributed by atoms with Crippen molar-refractivity contribution in [2.45, 2.75) is 27.2 Å². The van der Waals surface area contributed by atoms with E-state index in [0.717, 1.165) is 5.56 Å². The third kappa shape index (κ3) is 5.54. The van der Waals surface area contributed by atoms with E-state index < -0.39 is 0 Å². The van der Waals surface area contributed by atoms with Crippen LogP contribution < -0.4 is 10.1 Å². The van der Waals surface area contributed by atoms with E-state index in [4.69, 9.17) is 9.26 Å². The molecule has 0 aliphatic carbocycles. The molecule has 8 heteroatoms. The highest BCUT2D eigenvalue weighted by molar-refractivity contribution is 6.04. The predicted molar refractivity (Wildman–Crippen MR) is 119 cm³/mol. The Kier molecular flexibility index (Phi) is 5.93. The van der Waals surface area contributed by atoms with Crippen LogP contribution in [0.15, 0.2) is 71.5 Å². The van der Waals surface area contributed by atoms with Crippen molar-refractivity contribution in [3.63, 3.8) is 0 Å². The number of carbonyl (C=O) groups is 1. The van der Waals surface area contributed by atoms with E-state index >= 15 is 0 Å². The number of anilines is 1. The number of rotatable bonds is 6. The van der Waals surface area contributed by atoms with Gasteiger partial charge in [0.15, 0.2) is 0 Å². The highest BCUT2D eigenvalue weighted by atomic mass is 16.5. The minimum absolute atomic E-state index is 0.0609. The minimum Gasteiger partial charge on any atom is -0.424 e. The molecule has 1 amide bonds. The van der Waals surface area contributed by atoms with Crippen molar-refractivity contribution in [2.75, 3.05) is 5.32 Å². The summed E-state index contributed by atoms with van der Waals surface area (Å²) >= 11 is 0. The van der Waals surface area contributed by atoms with Crippen molar-refractivity contribution in [1.82, 2.24) is 20.1 Å². The molecule has 0 atom stereocenters. The second kappa shape index (κ2) is 8.97. The first-order chi connectivity index (χ1) is 15.4. The zero-order valence-electron chi connectivity index (χ0n) is 18.1. The van der Waals surface area contributed by atoms with E-state index in [1.807, 2.05) is 0 Å². The van der Waals surface area contributed by atoms with Gasteiger partial charge in [0.05, 0.1) is 0 Å². The Morgan fingerprint density at radius 2 is 1.69 bits per heavy atom. The van der Waals surface area contributed by atoms with Gasteiger partial charge in [0.2, 0.25) is 11.7 Å². The Bertz CT molecular complexity index is 1180. The summed E-state index contributed by atoms with van der Waals surface area (Å²) in [7, 11) is 0. The number of aromatic nitrogens is 4. The van der Waals surface area contributed by atoms with Gasteiger partial charge in [-0.25, -0.2) is 9.97 Å². The molecule has 0 bridgehead atoms. The zero-order chi connectivity index (χ0) is 22.6. The Morgan fingerprint density at radius 1 is 1.00 bits per heavy atom. The molecule has 0 saturated carbocycles. The van der Waals surface area contributed by atoms with Crippen molar-refractivity contribution < 1.29 is 14.1 Å². The number of nitrogens with one attached hydrogen (secondary N) is 1. The van der Waals surface area contributed by atoms with Crippen molar-refractivity contribution in [3.8, 4) is 23.1 Å². The van der Waals surface area contributed by atoms with Crippen LogP contribution in [0.4, 0.5) is 5.69 Å². The summed E-state index contributed by atoms with van der Waals surface area (Å²) in [5, 5.41) is 6.91. The maximum atomic E-state index is 12.6. The third-order valence-electron chi connectivity index (χ3n) is 4.42. The molecule has 0 aliphatic rings. The van der Waals surface area contributed by atoms with Crippen LogP contribution in [0.25, 0.3) is 11.4 Å².